The first kappa shape index (κ1) is 11.8. The molecule has 98 valence electrons. The van der Waals surface area contributed by atoms with Crippen molar-refractivity contribution in [2.24, 2.45) is 0 Å². The molecule has 1 aliphatic heterocycles. The molecule has 0 saturated carbocycles. The topological polar surface area (TPSA) is 75.0 Å². The molecule has 3 rings (SSSR count). The van der Waals surface area contributed by atoms with Gasteiger partial charge in [-0.05, 0) is 25.5 Å². The maximum absolute atomic E-state index is 12.4. The number of rotatable bonds is 1. The van der Waals surface area contributed by atoms with E-state index in [0.29, 0.717) is 18.9 Å². The lowest BCUT2D eigenvalue weighted by atomic mass is 10.1. The van der Waals surface area contributed by atoms with E-state index in [4.69, 9.17) is 5.73 Å². The van der Waals surface area contributed by atoms with Crippen LogP contribution in [0.1, 0.15) is 27.2 Å². The zero-order chi connectivity index (χ0) is 13.4. The maximum Gasteiger partial charge on any atom is 0.254 e. The van der Waals surface area contributed by atoms with Gasteiger partial charge in [0.2, 0.25) is 0 Å². The van der Waals surface area contributed by atoms with E-state index in [9.17, 15) is 4.79 Å². The highest BCUT2D eigenvalue weighted by Crippen LogP contribution is 2.22. The van der Waals surface area contributed by atoms with Crippen molar-refractivity contribution in [1.29, 1.82) is 0 Å². The highest BCUT2D eigenvalue weighted by Gasteiger charge is 2.24. The number of carbonyl (C=O) groups excluding carboxylic acids is 1. The molecule has 0 spiro atoms. The van der Waals surface area contributed by atoms with Crippen molar-refractivity contribution >= 4 is 11.7 Å². The number of nitrogen functional groups attached to an aromatic ring is 1. The Morgan fingerprint density at radius 2 is 2.11 bits per heavy atom. The molecule has 0 fully saturated rings. The predicted octanol–water partition coefficient (Wildman–Crippen LogP) is 1.50. The van der Waals surface area contributed by atoms with Crippen molar-refractivity contribution in [2.45, 2.75) is 19.9 Å². The largest absolute Gasteiger partial charge is 0.382 e. The van der Waals surface area contributed by atoms with E-state index in [-0.39, 0.29) is 5.91 Å². The lowest BCUT2D eigenvalue weighted by Gasteiger charge is -2.26. The monoisotopic (exact) mass is 256 g/mol. The molecule has 1 amide bonds. The van der Waals surface area contributed by atoms with Crippen LogP contribution in [0.3, 0.4) is 0 Å². The highest BCUT2D eigenvalue weighted by atomic mass is 16.2. The van der Waals surface area contributed by atoms with Gasteiger partial charge in [-0.25, -0.2) is 0 Å². The third-order valence-corrected chi connectivity index (χ3v) is 3.55. The fourth-order valence-electron chi connectivity index (χ4n) is 2.40. The summed E-state index contributed by atoms with van der Waals surface area (Å²) in [6.45, 7) is 3.24. The Hall–Kier alpha value is -2.30. The molecule has 2 heterocycles. The second kappa shape index (κ2) is 4.42. The number of anilines is 1. The molecule has 0 radical (unpaired) electrons. The molecule has 0 atom stereocenters. The van der Waals surface area contributed by atoms with Gasteiger partial charge in [0.25, 0.3) is 5.91 Å². The summed E-state index contributed by atoms with van der Waals surface area (Å²) in [7, 11) is 0. The van der Waals surface area contributed by atoms with E-state index in [1.54, 1.807) is 0 Å². The molecule has 5 heteroatoms. The first-order valence-electron chi connectivity index (χ1n) is 6.32. The van der Waals surface area contributed by atoms with Gasteiger partial charge in [-0.3, -0.25) is 9.89 Å². The average Bonchev–Trinajstić information content (AvgIpc) is 2.80. The van der Waals surface area contributed by atoms with E-state index in [0.717, 1.165) is 28.8 Å². The number of nitrogens with two attached hydrogens (primary N) is 1. The van der Waals surface area contributed by atoms with Gasteiger partial charge >= 0.3 is 0 Å². The molecule has 2 aromatic rings. The minimum Gasteiger partial charge on any atom is -0.382 e. The molecule has 1 aliphatic rings. The van der Waals surface area contributed by atoms with Crippen LogP contribution in [0.2, 0.25) is 0 Å². The Kier molecular flexibility index (Phi) is 2.74. The SMILES string of the molecule is Cc1ccc(C(=O)N2CCc3c(N)n[nH]c3C2)cc1. The maximum atomic E-state index is 12.4. The Morgan fingerprint density at radius 3 is 2.84 bits per heavy atom. The van der Waals surface area contributed by atoms with Gasteiger partial charge < -0.3 is 10.6 Å². The van der Waals surface area contributed by atoms with Crippen molar-refractivity contribution in [3.05, 3.63) is 46.6 Å². The molecule has 1 aromatic carbocycles. The van der Waals surface area contributed by atoms with Gasteiger partial charge in [0, 0.05) is 17.7 Å². The molecule has 0 unspecified atom stereocenters. The quantitative estimate of drug-likeness (QED) is 0.812. The third-order valence-electron chi connectivity index (χ3n) is 3.55. The van der Waals surface area contributed by atoms with Crippen LogP contribution in [0.4, 0.5) is 5.82 Å². The number of carbonyl (C=O) groups is 1. The number of aryl methyl sites for hydroxylation is 1. The van der Waals surface area contributed by atoms with Gasteiger partial charge in [0.15, 0.2) is 0 Å². The van der Waals surface area contributed by atoms with Crippen LogP contribution in [-0.2, 0) is 13.0 Å². The Labute approximate surface area is 111 Å². The average molecular weight is 256 g/mol. The van der Waals surface area contributed by atoms with Gasteiger partial charge in [-0.15, -0.1) is 0 Å². The fraction of sp³-hybridized carbons (Fsp3) is 0.286. The van der Waals surface area contributed by atoms with Gasteiger partial charge in [0.1, 0.15) is 5.82 Å². The van der Waals surface area contributed by atoms with Crippen LogP contribution in [0.15, 0.2) is 24.3 Å². The summed E-state index contributed by atoms with van der Waals surface area (Å²) in [4.78, 5) is 14.2. The second-order valence-electron chi connectivity index (χ2n) is 4.91. The van der Waals surface area contributed by atoms with E-state index in [1.165, 1.54) is 0 Å². The standard InChI is InChI=1S/C14H16N4O/c1-9-2-4-10(5-3-9)14(19)18-7-6-11-12(8-18)16-17-13(11)15/h2-5H,6-8H2,1H3,(H3,15,16,17). The first-order valence-corrected chi connectivity index (χ1v) is 6.32. The zero-order valence-electron chi connectivity index (χ0n) is 10.8. The Bertz CT molecular complexity index is 615. The van der Waals surface area contributed by atoms with E-state index >= 15 is 0 Å². The Morgan fingerprint density at radius 1 is 1.37 bits per heavy atom. The first-order chi connectivity index (χ1) is 9.15. The van der Waals surface area contributed by atoms with Crippen LogP contribution in [-0.4, -0.2) is 27.5 Å². The number of aromatic amines is 1. The zero-order valence-corrected chi connectivity index (χ0v) is 10.8. The summed E-state index contributed by atoms with van der Waals surface area (Å²) in [5.41, 5.74) is 9.64. The van der Waals surface area contributed by atoms with E-state index in [1.807, 2.05) is 36.1 Å². The smallest absolute Gasteiger partial charge is 0.254 e. The summed E-state index contributed by atoms with van der Waals surface area (Å²) in [6, 6.07) is 7.65. The third kappa shape index (κ3) is 2.07. The molecular formula is C14H16N4O. The summed E-state index contributed by atoms with van der Waals surface area (Å²) < 4.78 is 0. The van der Waals surface area contributed by atoms with Crippen LogP contribution < -0.4 is 5.73 Å². The lowest BCUT2D eigenvalue weighted by molar-refractivity contribution is 0.0732. The summed E-state index contributed by atoms with van der Waals surface area (Å²) >= 11 is 0. The van der Waals surface area contributed by atoms with E-state index in [2.05, 4.69) is 10.2 Å². The molecule has 1 aromatic heterocycles. The number of aromatic nitrogens is 2. The van der Waals surface area contributed by atoms with E-state index < -0.39 is 0 Å². The minimum absolute atomic E-state index is 0.0545. The van der Waals surface area contributed by atoms with Gasteiger partial charge in [-0.1, -0.05) is 17.7 Å². The number of amides is 1. The van der Waals surface area contributed by atoms with Crippen molar-refractivity contribution in [3.8, 4) is 0 Å². The lowest BCUT2D eigenvalue weighted by Crippen LogP contribution is -2.36. The number of benzene rings is 1. The number of nitrogens with one attached hydrogen (secondary N) is 1. The van der Waals surface area contributed by atoms with Crippen LogP contribution in [0, 0.1) is 6.92 Å². The van der Waals surface area contributed by atoms with Crippen molar-refractivity contribution < 1.29 is 4.79 Å². The molecule has 0 bridgehead atoms. The molecule has 19 heavy (non-hydrogen) atoms. The van der Waals surface area contributed by atoms with Crippen LogP contribution in [0.5, 0.6) is 0 Å². The highest BCUT2D eigenvalue weighted by molar-refractivity contribution is 5.94. The number of nitrogens with zero attached hydrogens (tertiary/aromatic N) is 2. The van der Waals surface area contributed by atoms with Crippen LogP contribution in [0.25, 0.3) is 0 Å². The molecular weight excluding hydrogens is 240 g/mol. The van der Waals surface area contributed by atoms with Crippen molar-refractivity contribution in [2.75, 3.05) is 12.3 Å². The Balaban J connectivity index is 1.81. The molecule has 0 saturated heterocycles. The number of H-pyrrole nitrogens is 1. The summed E-state index contributed by atoms with van der Waals surface area (Å²) in [5.74, 6) is 0.608. The molecule has 5 nitrogen and oxygen atoms in total. The van der Waals surface area contributed by atoms with Crippen LogP contribution >= 0.6 is 0 Å². The minimum atomic E-state index is 0.0545. The predicted molar refractivity (Wildman–Crippen MR) is 72.6 cm³/mol. The fourth-order valence-corrected chi connectivity index (χ4v) is 2.40. The molecule has 0 aliphatic carbocycles. The van der Waals surface area contributed by atoms with Crippen molar-refractivity contribution in [1.82, 2.24) is 15.1 Å². The number of fused-ring (bicyclic) bond motifs is 1. The second-order valence-corrected chi connectivity index (χ2v) is 4.91. The van der Waals surface area contributed by atoms with Gasteiger partial charge in [0.05, 0.1) is 12.2 Å². The van der Waals surface area contributed by atoms with Gasteiger partial charge in [-0.2, -0.15) is 5.10 Å². The normalized spacial score (nSPS) is 14.3. The number of hydrogen-bond acceptors (Lipinski definition) is 3. The van der Waals surface area contributed by atoms with Crippen molar-refractivity contribution in [3.63, 3.8) is 0 Å². The summed E-state index contributed by atoms with van der Waals surface area (Å²) in [6.07, 6.45) is 0.759. The molecule has 3 N–H and O–H groups in total. The summed E-state index contributed by atoms with van der Waals surface area (Å²) in [5, 5.41) is 6.89. The number of hydrogen-bond donors (Lipinski definition) is 2.